The summed E-state index contributed by atoms with van der Waals surface area (Å²) in [6, 6.07) is 10.7. The Morgan fingerprint density at radius 3 is 2.50 bits per heavy atom. The molecule has 1 amide bonds. The first kappa shape index (κ1) is 13.7. The van der Waals surface area contributed by atoms with Crippen molar-refractivity contribution in [3.63, 3.8) is 0 Å². The van der Waals surface area contributed by atoms with Crippen LogP contribution in [0.4, 0.5) is 5.95 Å². The molecule has 0 atom stereocenters. The first-order valence-electron chi connectivity index (χ1n) is 6.51. The zero-order valence-electron chi connectivity index (χ0n) is 11.7. The standard InChI is InChI=1S/C15H12N4O3/c1-19-12(10-6-3-2-4-7-10)11(14(21)22-19)13(20)18-15-16-8-5-9-17-15/h2-9H,1H3,(H,16,17,18,20). The van der Waals surface area contributed by atoms with E-state index in [1.165, 1.54) is 17.1 Å². The lowest BCUT2D eigenvalue weighted by molar-refractivity contribution is 0.102. The summed E-state index contributed by atoms with van der Waals surface area (Å²) in [4.78, 5) is 32.2. The highest BCUT2D eigenvalue weighted by molar-refractivity contribution is 6.07. The summed E-state index contributed by atoms with van der Waals surface area (Å²) >= 11 is 0. The Morgan fingerprint density at radius 2 is 1.82 bits per heavy atom. The van der Waals surface area contributed by atoms with Crippen molar-refractivity contribution in [3.05, 3.63) is 64.8 Å². The van der Waals surface area contributed by atoms with Crippen molar-refractivity contribution in [3.8, 4) is 11.3 Å². The molecule has 110 valence electrons. The monoisotopic (exact) mass is 296 g/mol. The number of rotatable bonds is 3. The van der Waals surface area contributed by atoms with Crippen LogP contribution in [-0.2, 0) is 7.05 Å². The number of aryl methyl sites for hydroxylation is 1. The smallest absolute Gasteiger partial charge is 0.335 e. The third kappa shape index (κ3) is 2.51. The molecule has 0 aliphatic heterocycles. The molecule has 0 bridgehead atoms. The summed E-state index contributed by atoms with van der Waals surface area (Å²) in [5, 5.41) is 2.49. The van der Waals surface area contributed by atoms with Crippen molar-refractivity contribution in [1.82, 2.24) is 14.7 Å². The van der Waals surface area contributed by atoms with E-state index in [1.54, 1.807) is 25.2 Å². The number of aromatic nitrogens is 3. The molecule has 0 fully saturated rings. The van der Waals surface area contributed by atoms with Gasteiger partial charge in [0.05, 0.1) is 0 Å². The number of hydrogen-bond acceptors (Lipinski definition) is 5. The Balaban J connectivity index is 2.04. The quantitative estimate of drug-likeness (QED) is 0.794. The van der Waals surface area contributed by atoms with Crippen molar-refractivity contribution >= 4 is 11.9 Å². The van der Waals surface area contributed by atoms with Gasteiger partial charge >= 0.3 is 5.63 Å². The fraction of sp³-hybridized carbons (Fsp3) is 0.0667. The molecule has 0 spiro atoms. The number of carbonyl (C=O) groups is 1. The number of nitrogens with one attached hydrogen (secondary N) is 1. The molecule has 0 radical (unpaired) electrons. The van der Waals surface area contributed by atoms with Crippen LogP contribution in [0.5, 0.6) is 0 Å². The van der Waals surface area contributed by atoms with Gasteiger partial charge in [0.1, 0.15) is 5.69 Å². The number of amides is 1. The zero-order chi connectivity index (χ0) is 15.5. The third-order valence-electron chi connectivity index (χ3n) is 3.04. The van der Waals surface area contributed by atoms with Crippen LogP contribution in [0.3, 0.4) is 0 Å². The fourth-order valence-electron chi connectivity index (χ4n) is 2.12. The van der Waals surface area contributed by atoms with Crippen LogP contribution < -0.4 is 10.9 Å². The summed E-state index contributed by atoms with van der Waals surface area (Å²) in [7, 11) is 1.57. The second-order valence-corrected chi connectivity index (χ2v) is 4.49. The molecule has 22 heavy (non-hydrogen) atoms. The highest BCUT2D eigenvalue weighted by Crippen LogP contribution is 2.22. The van der Waals surface area contributed by atoms with Crippen LogP contribution in [0.2, 0.25) is 0 Å². The predicted octanol–water partition coefficient (Wildman–Crippen LogP) is 1.69. The van der Waals surface area contributed by atoms with E-state index in [4.69, 9.17) is 4.52 Å². The van der Waals surface area contributed by atoms with Gasteiger partial charge < -0.3 is 4.52 Å². The second kappa shape index (κ2) is 5.65. The zero-order valence-corrected chi connectivity index (χ0v) is 11.7. The summed E-state index contributed by atoms with van der Waals surface area (Å²) in [6.07, 6.45) is 2.99. The fourth-order valence-corrected chi connectivity index (χ4v) is 2.12. The maximum atomic E-state index is 12.4. The number of benzene rings is 1. The topological polar surface area (TPSA) is 90.0 Å². The number of anilines is 1. The molecular weight excluding hydrogens is 284 g/mol. The molecule has 7 heteroatoms. The predicted molar refractivity (Wildman–Crippen MR) is 79.4 cm³/mol. The summed E-state index contributed by atoms with van der Waals surface area (Å²) in [5.41, 5.74) is 0.310. The maximum Gasteiger partial charge on any atom is 0.370 e. The van der Waals surface area contributed by atoms with E-state index in [2.05, 4.69) is 15.3 Å². The molecule has 7 nitrogen and oxygen atoms in total. The summed E-state index contributed by atoms with van der Waals surface area (Å²) < 4.78 is 6.29. The van der Waals surface area contributed by atoms with Gasteiger partial charge in [0.25, 0.3) is 5.91 Å². The lowest BCUT2D eigenvalue weighted by atomic mass is 10.1. The van der Waals surface area contributed by atoms with Gasteiger partial charge in [-0.15, -0.1) is 0 Å². The Bertz CT molecular complexity index is 853. The molecule has 0 aliphatic carbocycles. The molecule has 3 rings (SSSR count). The van der Waals surface area contributed by atoms with Crippen LogP contribution in [0.25, 0.3) is 11.3 Å². The van der Waals surface area contributed by atoms with Gasteiger partial charge in [-0.25, -0.2) is 19.5 Å². The van der Waals surface area contributed by atoms with Crippen LogP contribution in [-0.4, -0.2) is 20.6 Å². The average Bonchev–Trinajstić information content (AvgIpc) is 2.83. The molecule has 2 heterocycles. The minimum absolute atomic E-state index is 0.0823. The Hall–Kier alpha value is -3.22. The van der Waals surface area contributed by atoms with Crippen LogP contribution in [0.1, 0.15) is 10.4 Å². The first-order valence-corrected chi connectivity index (χ1v) is 6.51. The number of carbonyl (C=O) groups excluding carboxylic acids is 1. The van der Waals surface area contributed by atoms with E-state index in [0.29, 0.717) is 11.3 Å². The average molecular weight is 296 g/mol. The van der Waals surface area contributed by atoms with Gasteiger partial charge in [0, 0.05) is 25.0 Å². The van der Waals surface area contributed by atoms with E-state index >= 15 is 0 Å². The van der Waals surface area contributed by atoms with E-state index in [9.17, 15) is 9.59 Å². The van der Waals surface area contributed by atoms with Crippen molar-refractivity contribution in [2.45, 2.75) is 0 Å². The van der Waals surface area contributed by atoms with Gasteiger partial charge in [0.2, 0.25) is 5.95 Å². The number of hydrogen-bond donors (Lipinski definition) is 1. The summed E-state index contributed by atoms with van der Waals surface area (Å²) in [5.74, 6) is -0.492. The molecule has 0 saturated carbocycles. The maximum absolute atomic E-state index is 12.4. The van der Waals surface area contributed by atoms with E-state index in [1.807, 2.05) is 18.2 Å². The molecule has 1 N–H and O–H groups in total. The van der Waals surface area contributed by atoms with Gasteiger partial charge in [-0.2, -0.15) is 0 Å². The van der Waals surface area contributed by atoms with Crippen molar-refractivity contribution in [2.75, 3.05) is 5.32 Å². The lowest BCUT2D eigenvalue weighted by Crippen LogP contribution is -2.20. The SMILES string of the molecule is Cn1oc(=O)c(C(=O)Nc2ncccn2)c1-c1ccccc1. The van der Waals surface area contributed by atoms with Crippen molar-refractivity contribution < 1.29 is 9.32 Å². The normalized spacial score (nSPS) is 10.4. The van der Waals surface area contributed by atoms with Gasteiger partial charge in [-0.1, -0.05) is 30.3 Å². The molecule has 3 aromatic rings. The molecule has 1 aromatic carbocycles. The third-order valence-corrected chi connectivity index (χ3v) is 3.04. The van der Waals surface area contributed by atoms with Crippen molar-refractivity contribution in [1.29, 1.82) is 0 Å². The molecule has 0 saturated heterocycles. The largest absolute Gasteiger partial charge is 0.370 e. The molecular formula is C15H12N4O3. The van der Waals surface area contributed by atoms with Gasteiger partial charge in [-0.3, -0.25) is 10.1 Å². The van der Waals surface area contributed by atoms with E-state index in [0.717, 1.165) is 0 Å². The van der Waals surface area contributed by atoms with Crippen LogP contribution in [0, 0.1) is 0 Å². The van der Waals surface area contributed by atoms with Gasteiger partial charge in [-0.05, 0) is 6.07 Å². The first-order chi connectivity index (χ1) is 10.7. The highest BCUT2D eigenvalue weighted by atomic mass is 16.5. The minimum atomic E-state index is -0.713. The number of nitrogens with zero attached hydrogens (tertiary/aromatic N) is 3. The second-order valence-electron chi connectivity index (χ2n) is 4.49. The molecule has 0 aliphatic rings. The Morgan fingerprint density at radius 1 is 1.14 bits per heavy atom. The minimum Gasteiger partial charge on any atom is -0.335 e. The van der Waals surface area contributed by atoms with Crippen molar-refractivity contribution in [2.24, 2.45) is 7.05 Å². The van der Waals surface area contributed by atoms with E-state index in [-0.39, 0.29) is 11.5 Å². The van der Waals surface area contributed by atoms with Crippen LogP contribution in [0.15, 0.2) is 58.1 Å². The Kier molecular flexibility index (Phi) is 3.53. The van der Waals surface area contributed by atoms with Gasteiger partial charge in [0.15, 0.2) is 5.56 Å². The molecule has 0 unspecified atom stereocenters. The van der Waals surface area contributed by atoms with Crippen LogP contribution >= 0.6 is 0 Å². The van der Waals surface area contributed by atoms with E-state index < -0.39 is 11.5 Å². The Labute approximate surface area is 125 Å². The molecule has 2 aromatic heterocycles. The highest BCUT2D eigenvalue weighted by Gasteiger charge is 2.24. The lowest BCUT2D eigenvalue weighted by Gasteiger charge is -2.05. The summed E-state index contributed by atoms with van der Waals surface area (Å²) in [6.45, 7) is 0.